The molecule has 1 fully saturated rings. The van der Waals surface area contributed by atoms with E-state index in [1.807, 2.05) is 55.2 Å². The summed E-state index contributed by atoms with van der Waals surface area (Å²) in [4.78, 5) is 11.9. The molecule has 0 bridgehead atoms. The number of thioether (sulfide) groups is 1. The molecule has 6 heteroatoms. The van der Waals surface area contributed by atoms with E-state index < -0.39 is 0 Å². The van der Waals surface area contributed by atoms with Crippen LogP contribution < -0.4 is 4.74 Å². The van der Waals surface area contributed by atoms with Crippen molar-refractivity contribution in [3.63, 3.8) is 0 Å². The molecule has 1 saturated heterocycles. The second-order valence-electron chi connectivity index (χ2n) is 6.30. The Labute approximate surface area is 151 Å². The lowest BCUT2D eigenvalue weighted by Crippen LogP contribution is -2.28. The molecule has 130 valence electrons. The van der Waals surface area contributed by atoms with Crippen molar-refractivity contribution in [3.05, 3.63) is 53.9 Å². The summed E-state index contributed by atoms with van der Waals surface area (Å²) in [7, 11) is 0. The van der Waals surface area contributed by atoms with Crippen LogP contribution in [0.4, 0.5) is 0 Å². The van der Waals surface area contributed by atoms with E-state index in [1.54, 1.807) is 6.07 Å². The van der Waals surface area contributed by atoms with Gasteiger partial charge in [-0.1, -0.05) is 30.8 Å². The molecule has 0 spiro atoms. The van der Waals surface area contributed by atoms with Gasteiger partial charge in [-0.05, 0) is 36.8 Å². The molecule has 2 aliphatic rings. The Morgan fingerprint density at radius 1 is 1.32 bits per heavy atom. The van der Waals surface area contributed by atoms with Gasteiger partial charge in [-0.2, -0.15) is 0 Å². The third-order valence-corrected chi connectivity index (χ3v) is 5.61. The van der Waals surface area contributed by atoms with Gasteiger partial charge in [0.05, 0.1) is 18.3 Å². The van der Waals surface area contributed by atoms with E-state index in [-0.39, 0.29) is 17.8 Å². The number of aliphatic imine (C=N–C) groups is 1. The van der Waals surface area contributed by atoms with Gasteiger partial charge in [-0.3, -0.25) is 9.98 Å². The lowest BCUT2D eigenvalue weighted by atomic mass is 9.96. The average molecular weight is 355 g/mol. The highest BCUT2D eigenvalue weighted by molar-refractivity contribution is 8.14. The van der Waals surface area contributed by atoms with Crippen molar-refractivity contribution in [1.29, 1.82) is 0 Å². The van der Waals surface area contributed by atoms with Crippen molar-refractivity contribution >= 4 is 16.9 Å². The zero-order chi connectivity index (χ0) is 17.4. The summed E-state index contributed by atoms with van der Waals surface area (Å²) in [6.07, 6.45) is 1.81. The standard InChI is InChI=1S/C19H21N3O2S/c1-3-24-16-10-13(7-8-15(16)23)18-17(14-6-4-5-9-20-14)21-19-22(18)11-12(2)25-19/h4-10,12,17-18,23H,3,11H2,1-2H3/t12-,17-,18-/m0/s1. The molecule has 0 radical (unpaired) electrons. The molecule has 2 aliphatic heterocycles. The van der Waals surface area contributed by atoms with Crippen LogP contribution in [0.25, 0.3) is 0 Å². The van der Waals surface area contributed by atoms with Crippen LogP contribution in [0.15, 0.2) is 47.6 Å². The Bertz CT molecular complexity index is 797. The Hall–Kier alpha value is -2.21. The van der Waals surface area contributed by atoms with Gasteiger partial charge in [-0.25, -0.2) is 0 Å². The van der Waals surface area contributed by atoms with Gasteiger partial charge in [0.15, 0.2) is 16.7 Å². The Kier molecular flexibility index (Phi) is 4.29. The second kappa shape index (κ2) is 6.59. The number of phenols is 1. The van der Waals surface area contributed by atoms with Gasteiger partial charge >= 0.3 is 0 Å². The monoisotopic (exact) mass is 355 g/mol. The number of amidine groups is 1. The summed E-state index contributed by atoms with van der Waals surface area (Å²) in [6, 6.07) is 11.6. The van der Waals surface area contributed by atoms with Gasteiger partial charge in [0.2, 0.25) is 0 Å². The van der Waals surface area contributed by atoms with E-state index in [0.29, 0.717) is 17.6 Å². The molecule has 0 aliphatic carbocycles. The third kappa shape index (κ3) is 2.95. The Morgan fingerprint density at radius 2 is 2.20 bits per heavy atom. The number of ether oxygens (including phenoxy) is 1. The molecule has 4 rings (SSSR count). The number of hydrogen-bond donors (Lipinski definition) is 1. The molecule has 1 N–H and O–H groups in total. The summed E-state index contributed by atoms with van der Waals surface area (Å²) >= 11 is 1.82. The lowest BCUT2D eigenvalue weighted by molar-refractivity contribution is 0.306. The largest absolute Gasteiger partial charge is 0.504 e. The maximum absolute atomic E-state index is 10.0. The fourth-order valence-electron chi connectivity index (χ4n) is 3.46. The van der Waals surface area contributed by atoms with E-state index in [2.05, 4.69) is 16.8 Å². The number of fused-ring (bicyclic) bond motifs is 1. The average Bonchev–Trinajstić information content (AvgIpc) is 3.14. The molecule has 0 unspecified atom stereocenters. The topological polar surface area (TPSA) is 58.0 Å². The van der Waals surface area contributed by atoms with Crippen LogP contribution in [0, 0.1) is 0 Å². The molecule has 1 aromatic carbocycles. The van der Waals surface area contributed by atoms with E-state index in [1.165, 1.54) is 0 Å². The van der Waals surface area contributed by atoms with Crippen molar-refractivity contribution < 1.29 is 9.84 Å². The van der Waals surface area contributed by atoms with Crippen LogP contribution in [0.2, 0.25) is 0 Å². The summed E-state index contributed by atoms with van der Waals surface area (Å²) in [6.45, 7) is 5.62. The zero-order valence-electron chi connectivity index (χ0n) is 14.3. The number of aromatic nitrogens is 1. The molecule has 25 heavy (non-hydrogen) atoms. The van der Waals surface area contributed by atoms with Crippen molar-refractivity contribution in [3.8, 4) is 11.5 Å². The minimum Gasteiger partial charge on any atom is -0.504 e. The van der Waals surface area contributed by atoms with Crippen LogP contribution in [-0.2, 0) is 0 Å². The molecule has 3 heterocycles. The molecule has 0 saturated carbocycles. The molecule has 3 atom stereocenters. The summed E-state index contributed by atoms with van der Waals surface area (Å²) in [5.41, 5.74) is 2.05. The van der Waals surface area contributed by atoms with Crippen LogP contribution >= 0.6 is 11.8 Å². The first-order chi connectivity index (χ1) is 12.2. The van der Waals surface area contributed by atoms with Crippen LogP contribution in [0.3, 0.4) is 0 Å². The number of phenolic OH excluding ortho intramolecular Hbond substituents is 1. The fourth-order valence-corrected chi connectivity index (χ4v) is 4.56. The number of pyridine rings is 1. The fraction of sp³-hybridized carbons (Fsp3) is 0.368. The summed E-state index contributed by atoms with van der Waals surface area (Å²) in [5.74, 6) is 0.691. The maximum atomic E-state index is 10.0. The third-order valence-electron chi connectivity index (χ3n) is 4.51. The summed E-state index contributed by atoms with van der Waals surface area (Å²) < 4.78 is 5.58. The quantitative estimate of drug-likeness (QED) is 0.905. The highest BCUT2D eigenvalue weighted by atomic mass is 32.2. The van der Waals surface area contributed by atoms with E-state index >= 15 is 0 Å². The predicted molar refractivity (Wildman–Crippen MR) is 100 cm³/mol. The van der Waals surface area contributed by atoms with Crippen molar-refractivity contribution in [2.24, 2.45) is 4.99 Å². The molecule has 1 aromatic heterocycles. The normalized spacial score (nSPS) is 25.0. The van der Waals surface area contributed by atoms with Crippen LogP contribution in [0.5, 0.6) is 11.5 Å². The highest BCUT2D eigenvalue weighted by Crippen LogP contribution is 2.48. The van der Waals surface area contributed by atoms with Gasteiger partial charge < -0.3 is 14.7 Å². The number of rotatable bonds is 4. The minimum atomic E-state index is -0.0461. The number of nitrogens with zero attached hydrogens (tertiary/aromatic N) is 3. The number of benzene rings is 1. The lowest BCUT2D eigenvalue weighted by Gasteiger charge is -2.27. The van der Waals surface area contributed by atoms with E-state index in [4.69, 9.17) is 9.73 Å². The predicted octanol–water partition coefficient (Wildman–Crippen LogP) is 3.78. The van der Waals surface area contributed by atoms with E-state index in [9.17, 15) is 5.11 Å². The van der Waals surface area contributed by atoms with Crippen molar-refractivity contribution in [2.45, 2.75) is 31.2 Å². The first-order valence-corrected chi connectivity index (χ1v) is 9.43. The van der Waals surface area contributed by atoms with Gasteiger partial charge in [0, 0.05) is 18.0 Å². The maximum Gasteiger partial charge on any atom is 0.161 e. The Balaban J connectivity index is 1.76. The summed E-state index contributed by atoms with van der Waals surface area (Å²) in [5, 5.41) is 11.6. The molecule has 5 nitrogen and oxygen atoms in total. The second-order valence-corrected chi connectivity index (χ2v) is 7.70. The first-order valence-electron chi connectivity index (χ1n) is 8.55. The molecular formula is C19H21N3O2S. The van der Waals surface area contributed by atoms with Crippen molar-refractivity contribution in [1.82, 2.24) is 9.88 Å². The van der Waals surface area contributed by atoms with Gasteiger partial charge in [-0.15, -0.1) is 0 Å². The van der Waals surface area contributed by atoms with Gasteiger partial charge in [0.25, 0.3) is 0 Å². The number of hydrogen-bond acceptors (Lipinski definition) is 6. The van der Waals surface area contributed by atoms with Crippen molar-refractivity contribution in [2.75, 3.05) is 13.2 Å². The highest BCUT2D eigenvalue weighted by Gasteiger charge is 2.43. The van der Waals surface area contributed by atoms with Gasteiger partial charge in [0.1, 0.15) is 6.04 Å². The molecular weight excluding hydrogens is 334 g/mol. The molecule has 0 amide bonds. The first kappa shape index (κ1) is 16.3. The number of aromatic hydroxyl groups is 1. The van der Waals surface area contributed by atoms with Crippen LogP contribution in [-0.4, -0.2) is 38.6 Å². The van der Waals surface area contributed by atoms with E-state index in [0.717, 1.165) is 23.0 Å². The smallest absolute Gasteiger partial charge is 0.161 e. The molecule has 2 aromatic rings. The van der Waals surface area contributed by atoms with Crippen LogP contribution in [0.1, 0.15) is 37.2 Å². The SMILES string of the molecule is CCOc1cc([C@H]2[C@H](c3ccccn3)N=C3S[C@@H](C)CN32)ccc1O. The Morgan fingerprint density at radius 3 is 2.96 bits per heavy atom. The minimum absolute atomic E-state index is 0.0461. The zero-order valence-corrected chi connectivity index (χ0v) is 15.1.